The van der Waals surface area contributed by atoms with Crippen LogP contribution in [0, 0.1) is 5.92 Å². The zero-order valence-corrected chi connectivity index (χ0v) is 12.7. The first-order valence-corrected chi connectivity index (χ1v) is 6.92. The molecule has 1 atom stereocenters. The van der Waals surface area contributed by atoms with E-state index in [0.29, 0.717) is 12.5 Å². The number of nitrogens with two attached hydrogens (primary N) is 1. The van der Waals surface area contributed by atoms with Crippen molar-refractivity contribution in [2.75, 3.05) is 26.2 Å². The highest BCUT2D eigenvalue weighted by molar-refractivity contribution is 5.85. The lowest BCUT2D eigenvalue weighted by molar-refractivity contribution is -0.132. The Labute approximate surface area is 126 Å². The number of halogens is 1. The van der Waals surface area contributed by atoms with E-state index in [1.165, 1.54) is 5.56 Å². The molecule has 4 nitrogen and oxygen atoms in total. The first-order chi connectivity index (χ1) is 9.22. The molecule has 1 aliphatic rings. The predicted molar refractivity (Wildman–Crippen MR) is 82.3 cm³/mol. The van der Waals surface area contributed by atoms with Crippen LogP contribution < -0.4 is 10.5 Å². The average molecular weight is 299 g/mol. The maximum atomic E-state index is 12.0. The van der Waals surface area contributed by atoms with Crippen molar-refractivity contribution >= 4 is 18.3 Å². The summed E-state index contributed by atoms with van der Waals surface area (Å²) < 4.78 is 5.53. The van der Waals surface area contributed by atoms with E-state index >= 15 is 0 Å². The smallest absolute Gasteiger partial charge is 0.260 e. The lowest BCUT2D eigenvalue weighted by Gasteiger charge is -2.16. The summed E-state index contributed by atoms with van der Waals surface area (Å²) in [7, 11) is 0. The highest BCUT2D eigenvalue weighted by Crippen LogP contribution is 2.16. The third-order valence-corrected chi connectivity index (χ3v) is 3.67. The highest BCUT2D eigenvalue weighted by Gasteiger charge is 2.25. The zero-order valence-electron chi connectivity index (χ0n) is 11.9. The van der Waals surface area contributed by atoms with Crippen LogP contribution in [0.25, 0.3) is 0 Å². The summed E-state index contributed by atoms with van der Waals surface area (Å²) >= 11 is 0. The molecule has 0 aromatic heterocycles. The Kier molecular flexibility index (Phi) is 6.82. The van der Waals surface area contributed by atoms with Crippen LogP contribution >= 0.6 is 12.4 Å². The number of likely N-dealkylation sites (tertiary alicyclic amines) is 1. The number of ether oxygens (including phenoxy) is 1. The molecule has 112 valence electrons. The van der Waals surface area contributed by atoms with E-state index in [-0.39, 0.29) is 24.9 Å². The molecular formula is C15H23ClN2O2. The number of benzene rings is 1. The summed E-state index contributed by atoms with van der Waals surface area (Å²) in [6.45, 7) is 4.46. The Hall–Kier alpha value is -1.26. The summed E-state index contributed by atoms with van der Waals surface area (Å²) in [6.07, 6.45) is 2.01. The van der Waals surface area contributed by atoms with Crippen molar-refractivity contribution in [2.24, 2.45) is 11.7 Å². The number of nitrogens with zero attached hydrogens (tertiary/aromatic N) is 1. The Balaban J connectivity index is 0.00000200. The molecule has 1 aromatic rings. The van der Waals surface area contributed by atoms with E-state index in [0.717, 1.165) is 31.7 Å². The molecule has 1 aromatic carbocycles. The SMILES string of the molecule is CCc1ccc(OCC(=O)N2CCC(CN)C2)cc1.Cl. The Morgan fingerprint density at radius 2 is 2.10 bits per heavy atom. The maximum Gasteiger partial charge on any atom is 0.260 e. The van der Waals surface area contributed by atoms with Gasteiger partial charge in [0.1, 0.15) is 5.75 Å². The molecule has 2 rings (SSSR count). The normalized spacial score (nSPS) is 17.7. The minimum absolute atomic E-state index is 0. The van der Waals surface area contributed by atoms with E-state index in [9.17, 15) is 4.79 Å². The average Bonchev–Trinajstić information content (AvgIpc) is 2.94. The molecular weight excluding hydrogens is 276 g/mol. The fraction of sp³-hybridized carbons (Fsp3) is 0.533. The molecule has 0 radical (unpaired) electrons. The Bertz CT molecular complexity index is 422. The summed E-state index contributed by atoms with van der Waals surface area (Å²) in [4.78, 5) is 13.8. The Morgan fingerprint density at radius 1 is 1.40 bits per heavy atom. The van der Waals surface area contributed by atoms with Crippen molar-refractivity contribution in [1.29, 1.82) is 0 Å². The van der Waals surface area contributed by atoms with Gasteiger partial charge in [-0.25, -0.2) is 0 Å². The topological polar surface area (TPSA) is 55.6 Å². The van der Waals surface area contributed by atoms with Gasteiger partial charge < -0.3 is 15.4 Å². The van der Waals surface area contributed by atoms with Crippen molar-refractivity contribution in [3.05, 3.63) is 29.8 Å². The molecule has 2 N–H and O–H groups in total. The van der Waals surface area contributed by atoms with Gasteiger partial charge in [0, 0.05) is 13.1 Å². The van der Waals surface area contributed by atoms with Crippen molar-refractivity contribution in [3.63, 3.8) is 0 Å². The molecule has 1 aliphatic heterocycles. The first-order valence-electron chi connectivity index (χ1n) is 6.92. The summed E-state index contributed by atoms with van der Waals surface area (Å²) in [5.41, 5.74) is 6.89. The minimum Gasteiger partial charge on any atom is -0.484 e. The molecule has 1 fully saturated rings. The molecule has 5 heteroatoms. The fourth-order valence-electron chi connectivity index (χ4n) is 2.31. The number of hydrogen-bond acceptors (Lipinski definition) is 3. The zero-order chi connectivity index (χ0) is 13.7. The van der Waals surface area contributed by atoms with Crippen LogP contribution in [-0.4, -0.2) is 37.0 Å². The lowest BCUT2D eigenvalue weighted by atomic mass is 10.1. The van der Waals surface area contributed by atoms with E-state index in [1.54, 1.807) is 0 Å². The van der Waals surface area contributed by atoms with Crippen LogP contribution in [-0.2, 0) is 11.2 Å². The van der Waals surface area contributed by atoms with Gasteiger partial charge in [-0.15, -0.1) is 12.4 Å². The first kappa shape index (κ1) is 16.8. The third kappa shape index (κ3) is 4.39. The summed E-state index contributed by atoms with van der Waals surface area (Å²) in [6, 6.07) is 7.89. The second-order valence-electron chi connectivity index (χ2n) is 5.02. The van der Waals surface area contributed by atoms with Gasteiger partial charge in [-0.3, -0.25) is 4.79 Å². The number of carbonyl (C=O) groups excluding carboxylic acids is 1. The van der Waals surface area contributed by atoms with E-state index in [2.05, 4.69) is 6.92 Å². The number of amides is 1. The molecule has 1 heterocycles. The standard InChI is InChI=1S/C15H22N2O2.ClH/c1-2-12-3-5-14(6-4-12)19-11-15(18)17-8-7-13(9-16)10-17;/h3-6,13H,2,7-11,16H2,1H3;1H. The van der Waals surface area contributed by atoms with Gasteiger partial charge >= 0.3 is 0 Å². The molecule has 0 bridgehead atoms. The monoisotopic (exact) mass is 298 g/mol. The van der Waals surface area contributed by atoms with Crippen LogP contribution in [0.3, 0.4) is 0 Å². The van der Waals surface area contributed by atoms with Crippen LogP contribution in [0.1, 0.15) is 18.9 Å². The molecule has 0 aliphatic carbocycles. The minimum atomic E-state index is 0. The van der Waals surface area contributed by atoms with Gasteiger partial charge in [0.25, 0.3) is 5.91 Å². The van der Waals surface area contributed by atoms with Crippen LogP contribution in [0.15, 0.2) is 24.3 Å². The van der Waals surface area contributed by atoms with Crippen molar-refractivity contribution in [2.45, 2.75) is 19.8 Å². The number of carbonyl (C=O) groups is 1. The quantitative estimate of drug-likeness (QED) is 0.903. The van der Waals surface area contributed by atoms with Gasteiger partial charge in [-0.1, -0.05) is 19.1 Å². The molecule has 0 spiro atoms. The van der Waals surface area contributed by atoms with Crippen molar-refractivity contribution in [3.8, 4) is 5.75 Å². The molecule has 1 unspecified atom stereocenters. The molecule has 0 saturated carbocycles. The molecule has 20 heavy (non-hydrogen) atoms. The van der Waals surface area contributed by atoms with Crippen molar-refractivity contribution < 1.29 is 9.53 Å². The van der Waals surface area contributed by atoms with Gasteiger partial charge in [0.2, 0.25) is 0 Å². The van der Waals surface area contributed by atoms with E-state index in [4.69, 9.17) is 10.5 Å². The largest absolute Gasteiger partial charge is 0.484 e. The fourth-order valence-corrected chi connectivity index (χ4v) is 2.31. The van der Waals surface area contributed by atoms with Gasteiger partial charge in [-0.2, -0.15) is 0 Å². The van der Waals surface area contributed by atoms with E-state index < -0.39 is 0 Å². The summed E-state index contributed by atoms with van der Waals surface area (Å²) in [5, 5.41) is 0. The molecule has 1 amide bonds. The highest BCUT2D eigenvalue weighted by atomic mass is 35.5. The van der Waals surface area contributed by atoms with Gasteiger partial charge in [0.05, 0.1) is 0 Å². The second-order valence-corrected chi connectivity index (χ2v) is 5.02. The lowest BCUT2D eigenvalue weighted by Crippen LogP contribution is -2.33. The van der Waals surface area contributed by atoms with Crippen LogP contribution in [0.5, 0.6) is 5.75 Å². The van der Waals surface area contributed by atoms with Gasteiger partial charge in [0.15, 0.2) is 6.61 Å². The Morgan fingerprint density at radius 3 is 2.65 bits per heavy atom. The van der Waals surface area contributed by atoms with Gasteiger partial charge in [-0.05, 0) is 43.0 Å². The van der Waals surface area contributed by atoms with Crippen LogP contribution in [0.2, 0.25) is 0 Å². The van der Waals surface area contributed by atoms with Crippen molar-refractivity contribution in [1.82, 2.24) is 4.90 Å². The van der Waals surface area contributed by atoms with E-state index in [1.807, 2.05) is 29.2 Å². The van der Waals surface area contributed by atoms with Crippen LogP contribution in [0.4, 0.5) is 0 Å². The number of aryl methyl sites for hydroxylation is 1. The third-order valence-electron chi connectivity index (χ3n) is 3.67. The maximum absolute atomic E-state index is 12.0. The summed E-state index contributed by atoms with van der Waals surface area (Å²) in [5.74, 6) is 1.25. The number of hydrogen-bond donors (Lipinski definition) is 1. The number of rotatable bonds is 5. The second kappa shape index (κ2) is 8.12. The predicted octanol–water partition coefficient (Wildman–Crippen LogP) is 1.86. The molecule has 1 saturated heterocycles.